The number of amides is 1. The molecule has 0 saturated carbocycles. The van der Waals surface area contributed by atoms with Gasteiger partial charge in [-0.05, 0) is 6.92 Å². The highest BCUT2D eigenvalue weighted by Gasteiger charge is 2.07. The fourth-order valence-corrected chi connectivity index (χ4v) is 0.564. The van der Waals surface area contributed by atoms with Crippen LogP contribution in [0.5, 0.6) is 0 Å². The van der Waals surface area contributed by atoms with Crippen molar-refractivity contribution in [2.45, 2.75) is 13.0 Å². The van der Waals surface area contributed by atoms with Crippen LogP contribution in [0.4, 0.5) is 5.95 Å². The zero-order chi connectivity index (χ0) is 8.27. The molecule has 0 bridgehead atoms. The molecule has 0 aliphatic heterocycles. The average Bonchev–Trinajstić information content (AvgIpc) is 2.39. The number of rotatable bonds is 2. The van der Waals surface area contributed by atoms with Crippen molar-refractivity contribution in [1.29, 1.82) is 0 Å². The zero-order valence-corrected chi connectivity index (χ0v) is 6.16. The lowest BCUT2D eigenvalue weighted by Gasteiger charge is -2.03. The second-order valence-corrected chi connectivity index (χ2v) is 2.22. The molecule has 1 aromatic rings. The van der Waals surface area contributed by atoms with E-state index >= 15 is 0 Å². The Labute approximate surface area is 64.0 Å². The SMILES string of the molecule is C[C@@H](N)C(=O)Nc1ncc[nH]1. The number of aromatic nitrogens is 2. The number of carbonyl (C=O) groups is 1. The Morgan fingerprint density at radius 3 is 3.09 bits per heavy atom. The van der Waals surface area contributed by atoms with Crippen LogP contribution in [0.2, 0.25) is 0 Å². The quantitative estimate of drug-likeness (QED) is 0.546. The summed E-state index contributed by atoms with van der Waals surface area (Å²) in [5.41, 5.74) is 5.30. The molecule has 0 aliphatic carbocycles. The summed E-state index contributed by atoms with van der Waals surface area (Å²) in [6.07, 6.45) is 3.17. The van der Waals surface area contributed by atoms with Crippen LogP contribution >= 0.6 is 0 Å². The number of nitrogens with one attached hydrogen (secondary N) is 2. The van der Waals surface area contributed by atoms with Gasteiger partial charge in [0.2, 0.25) is 11.9 Å². The van der Waals surface area contributed by atoms with Crippen molar-refractivity contribution in [3.8, 4) is 0 Å². The molecule has 1 heterocycles. The molecule has 0 fully saturated rings. The lowest BCUT2D eigenvalue weighted by molar-refractivity contribution is -0.117. The first-order chi connectivity index (χ1) is 5.20. The van der Waals surface area contributed by atoms with E-state index in [1.54, 1.807) is 19.3 Å². The number of nitrogens with two attached hydrogens (primary N) is 1. The third kappa shape index (κ3) is 2.05. The number of anilines is 1. The van der Waals surface area contributed by atoms with E-state index in [-0.39, 0.29) is 5.91 Å². The van der Waals surface area contributed by atoms with Crippen LogP contribution < -0.4 is 11.1 Å². The smallest absolute Gasteiger partial charge is 0.243 e. The van der Waals surface area contributed by atoms with Crippen LogP contribution in [0, 0.1) is 0 Å². The van der Waals surface area contributed by atoms with Crippen molar-refractivity contribution in [1.82, 2.24) is 9.97 Å². The maximum Gasteiger partial charge on any atom is 0.243 e. The minimum atomic E-state index is -0.514. The number of imidazole rings is 1. The Bertz CT molecular complexity index is 229. The molecule has 1 amide bonds. The number of nitrogens with zero attached hydrogens (tertiary/aromatic N) is 1. The lowest BCUT2D eigenvalue weighted by Crippen LogP contribution is -2.32. The highest BCUT2D eigenvalue weighted by atomic mass is 16.2. The highest BCUT2D eigenvalue weighted by molar-refractivity contribution is 5.92. The zero-order valence-electron chi connectivity index (χ0n) is 6.16. The maximum atomic E-state index is 10.9. The molecular weight excluding hydrogens is 144 g/mol. The van der Waals surface area contributed by atoms with E-state index < -0.39 is 6.04 Å². The van der Waals surface area contributed by atoms with Gasteiger partial charge in [0.25, 0.3) is 0 Å². The Kier molecular flexibility index (Phi) is 2.22. The third-order valence-electron chi connectivity index (χ3n) is 1.15. The summed E-state index contributed by atoms with van der Waals surface area (Å²) in [6, 6.07) is -0.514. The van der Waals surface area contributed by atoms with E-state index in [0.29, 0.717) is 5.95 Å². The number of hydrogen-bond acceptors (Lipinski definition) is 3. The molecule has 0 aromatic carbocycles. The Balaban J connectivity index is 2.50. The van der Waals surface area contributed by atoms with Gasteiger partial charge in [0.05, 0.1) is 6.04 Å². The van der Waals surface area contributed by atoms with Crippen LogP contribution in [-0.4, -0.2) is 21.9 Å². The van der Waals surface area contributed by atoms with Gasteiger partial charge in [0.1, 0.15) is 0 Å². The molecule has 0 unspecified atom stereocenters. The summed E-state index contributed by atoms with van der Waals surface area (Å²) < 4.78 is 0. The molecule has 5 nitrogen and oxygen atoms in total. The fraction of sp³-hybridized carbons (Fsp3) is 0.333. The number of H-pyrrole nitrogens is 1. The van der Waals surface area contributed by atoms with Gasteiger partial charge in [-0.15, -0.1) is 0 Å². The monoisotopic (exact) mass is 154 g/mol. The molecule has 11 heavy (non-hydrogen) atoms. The second kappa shape index (κ2) is 3.16. The van der Waals surface area contributed by atoms with Crippen molar-refractivity contribution in [2.24, 2.45) is 5.73 Å². The lowest BCUT2D eigenvalue weighted by atomic mass is 10.3. The van der Waals surface area contributed by atoms with Crippen LogP contribution in [0.3, 0.4) is 0 Å². The van der Waals surface area contributed by atoms with Gasteiger partial charge in [-0.25, -0.2) is 4.98 Å². The first-order valence-corrected chi connectivity index (χ1v) is 3.26. The van der Waals surface area contributed by atoms with Gasteiger partial charge in [-0.3, -0.25) is 10.1 Å². The second-order valence-electron chi connectivity index (χ2n) is 2.22. The van der Waals surface area contributed by atoms with Crippen molar-refractivity contribution in [3.63, 3.8) is 0 Å². The summed E-state index contributed by atoms with van der Waals surface area (Å²) in [4.78, 5) is 17.4. The fourth-order valence-electron chi connectivity index (χ4n) is 0.564. The summed E-state index contributed by atoms with van der Waals surface area (Å²) in [7, 11) is 0. The normalized spacial score (nSPS) is 12.5. The molecule has 1 aromatic heterocycles. The van der Waals surface area contributed by atoms with Gasteiger partial charge in [-0.2, -0.15) is 0 Å². The largest absolute Gasteiger partial charge is 0.331 e. The number of aromatic amines is 1. The molecule has 1 atom stereocenters. The van der Waals surface area contributed by atoms with E-state index in [1.165, 1.54) is 0 Å². The van der Waals surface area contributed by atoms with Gasteiger partial charge in [0.15, 0.2) is 0 Å². The first kappa shape index (κ1) is 7.74. The molecule has 0 saturated heterocycles. The average molecular weight is 154 g/mol. The molecule has 0 spiro atoms. The van der Waals surface area contributed by atoms with Gasteiger partial charge >= 0.3 is 0 Å². The standard InChI is InChI=1S/C6H10N4O/c1-4(7)5(11)10-6-8-2-3-9-6/h2-4H,7H2,1H3,(H2,8,9,10,11)/t4-/m1/s1. The van der Waals surface area contributed by atoms with Gasteiger partial charge in [0, 0.05) is 12.4 Å². The van der Waals surface area contributed by atoms with E-state index in [4.69, 9.17) is 5.73 Å². The van der Waals surface area contributed by atoms with Gasteiger partial charge < -0.3 is 10.7 Å². The minimum Gasteiger partial charge on any atom is -0.331 e. The Morgan fingerprint density at radius 1 is 1.91 bits per heavy atom. The predicted molar refractivity (Wildman–Crippen MR) is 40.9 cm³/mol. The van der Waals surface area contributed by atoms with Crippen LogP contribution in [0.15, 0.2) is 12.4 Å². The topological polar surface area (TPSA) is 83.8 Å². The van der Waals surface area contributed by atoms with Crippen LogP contribution in [0.1, 0.15) is 6.92 Å². The third-order valence-corrected chi connectivity index (χ3v) is 1.15. The molecule has 1 rings (SSSR count). The maximum absolute atomic E-state index is 10.9. The number of carbonyl (C=O) groups excluding carboxylic acids is 1. The molecule has 4 N–H and O–H groups in total. The molecule has 5 heteroatoms. The van der Waals surface area contributed by atoms with Crippen molar-refractivity contribution in [3.05, 3.63) is 12.4 Å². The van der Waals surface area contributed by atoms with Crippen LogP contribution in [-0.2, 0) is 4.79 Å². The summed E-state index contributed by atoms with van der Waals surface area (Å²) in [5.74, 6) is 0.173. The van der Waals surface area contributed by atoms with E-state index in [0.717, 1.165) is 0 Å². The molecular formula is C6H10N4O. The van der Waals surface area contributed by atoms with Crippen molar-refractivity contribution < 1.29 is 4.79 Å². The van der Waals surface area contributed by atoms with E-state index in [9.17, 15) is 4.79 Å². The first-order valence-electron chi connectivity index (χ1n) is 3.26. The van der Waals surface area contributed by atoms with E-state index in [2.05, 4.69) is 15.3 Å². The molecule has 0 radical (unpaired) electrons. The van der Waals surface area contributed by atoms with Crippen molar-refractivity contribution in [2.75, 3.05) is 5.32 Å². The summed E-state index contributed by atoms with van der Waals surface area (Å²) in [6.45, 7) is 1.61. The molecule has 60 valence electrons. The Hall–Kier alpha value is -1.36. The van der Waals surface area contributed by atoms with Gasteiger partial charge in [-0.1, -0.05) is 0 Å². The summed E-state index contributed by atoms with van der Waals surface area (Å²) >= 11 is 0. The van der Waals surface area contributed by atoms with E-state index in [1.807, 2.05) is 0 Å². The Morgan fingerprint density at radius 2 is 2.64 bits per heavy atom. The predicted octanol–water partition coefficient (Wildman–Crippen LogP) is -0.305. The van der Waals surface area contributed by atoms with Crippen LogP contribution in [0.25, 0.3) is 0 Å². The summed E-state index contributed by atoms with van der Waals surface area (Å²) in [5, 5.41) is 2.49. The highest BCUT2D eigenvalue weighted by Crippen LogP contribution is 1.94. The number of hydrogen-bond donors (Lipinski definition) is 3. The molecule has 0 aliphatic rings. The van der Waals surface area contributed by atoms with Crippen molar-refractivity contribution >= 4 is 11.9 Å². The minimum absolute atomic E-state index is 0.250.